The molecular formula is C16H24N2O3. The van der Waals surface area contributed by atoms with Crippen LogP contribution in [0.25, 0.3) is 0 Å². The van der Waals surface area contributed by atoms with Crippen LogP contribution in [0.15, 0.2) is 24.3 Å². The van der Waals surface area contributed by atoms with E-state index in [0.29, 0.717) is 24.6 Å². The predicted octanol–water partition coefficient (Wildman–Crippen LogP) is 1.91. The van der Waals surface area contributed by atoms with Crippen molar-refractivity contribution in [1.29, 1.82) is 0 Å². The number of aryl methyl sites for hydroxylation is 1. The fourth-order valence-electron chi connectivity index (χ4n) is 1.76. The Labute approximate surface area is 125 Å². The maximum Gasteiger partial charge on any atom is 0.306 e. The first kappa shape index (κ1) is 17.0. The lowest BCUT2D eigenvalue weighted by Crippen LogP contribution is -2.30. The number of nitrogens with two attached hydrogens (primary N) is 1. The number of nitrogens with one attached hydrogen (secondary N) is 1. The molecule has 0 saturated heterocycles. The molecule has 0 atom stereocenters. The van der Waals surface area contributed by atoms with Crippen LogP contribution in [0.2, 0.25) is 0 Å². The van der Waals surface area contributed by atoms with Crippen molar-refractivity contribution in [2.45, 2.75) is 33.1 Å². The summed E-state index contributed by atoms with van der Waals surface area (Å²) in [6.07, 6.45) is 1.71. The van der Waals surface area contributed by atoms with E-state index in [2.05, 4.69) is 19.2 Å². The number of hydrogen-bond acceptors (Lipinski definition) is 4. The summed E-state index contributed by atoms with van der Waals surface area (Å²) in [5.74, 6) is -0.101. The zero-order chi connectivity index (χ0) is 15.7. The van der Waals surface area contributed by atoms with E-state index in [1.165, 1.54) is 0 Å². The van der Waals surface area contributed by atoms with Crippen molar-refractivity contribution in [3.63, 3.8) is 0 Å². The summed E-state index contributed by atoms with van der Waals surface area (Å²) in [7, 11) is 0. The Hall–Kier alpha value is -2.04. The average molecular weight is 292 g/mol. The number of anilines is 1. The second-order valence-corrected chi connectivity index (χ2v) is 5.44. The molecule has 0 heterocycles. The van der Waals surface area contributed by atoms with Crippen LogP contribution in [0, 0.1) is 5.92 Å². The number of benzene rings is 1. The standard InChI is InChI=1S/C16H24N2O3/c1-12(2)8-9-18-15(19)11-21-16(20)7-6-13-4-3-5-14(17)10-13/h3-5,10,12H,6-9,11,17H2,1-2H3,(H,18,19). The maximum atomic E-state index is 11.6. The summed E-state index contributed by atoms with van der Waals surface area (Å²) in [6.45, 7) is 4.57. The molecule has 0 bridgehead atoms. The van der Waals surface area contributed by atoms with Gasteiger partial charge in [-0.05, 0) is 36.5 Å². The minimum absolute atomic E-state index is 0.214. The molecule has 0 spiro atoms. The van der Waals surface area contributed by atoms with Gasteiger partial charge in [0.2, 0.25) is 0 Å². The first-order valence-electron chi connectivity index (χ1n) is 7.24. The average Bonchev–Trinajstić information content (AvgIpc) is 2.42. The van der Waals surface area contributed by atoms with Crippen molar-refractivity contribution in [2.24, 2.45) is 5.92 Å². The molecule has 1 rings (SSSR count). The fourth-order valence-corrected chi connectivity index (χ4v) is 1.76. The molecule has 5 heteroatoms. The third-order valence-electron chi connectivity index (χ3n) is 2.98. The Morgan fingerprint density at radius 2 is 2.10 bits per heavy atom. The van der Waals surface area contributed by atoms with Crippen molar-refractivity contribution in [2.75, 3.05) is 18.9 Å². The van der Waals surface area contributed by atoms with E-state index in [1.807, 2.05) is 18.2 Å². The van der Waals surface area contributed by atoms with Crippen LogP contribution in [0.4, 0.5) is 5.69 Å². The molecule has 1 amide bonds. The summed E-state index contributed by atoms with van der Waals surface area (Å²) in [6, 6.07) is 7.37. The fraction of sp³-hybridized carbons (Fsp3) is 0.500. The van der Waals surface area contributed by atoms with Gasteiger partial charge in [0.25, 0.3) is 5.91 Å². The van der Waals surface area contributed by atoms with E-state index in [0.717, 1.165) is 12.0 Å². The summed E-state index contributed by atoms with van der Waals surface area (Å²) in [5, 5.41) is 2.72. The predicted molar refractivity (Wildman–Crippen MR) is 82.6 cm³/mol. The van der Waals surface area contributed by atoms with Crippen LogP contribution >= 0.6 is 0 Å². The Bertz CT molecular complexity index is 472. The highest BCUT2D eigenvalue weighted by Gasteiger charge is 2.08. The number of esters is 1. The topological polar surface area (TPSA) is 81.4 Å². The summed E-state index contributed by atoms with van der Waals surface area (Å²) in [5.41, 5.74) is 7.31. The van der Waals surface area contributed by atoms with Crippen molar-refractivity contribution >= 4 is 17.6 Å². The maximum absolute atomic E-state index is 11.6. The van der Waals surface area contributed by atoms with Crippen LogP contribution in [-0.4, -0.2) is 25.0 Å². The lowest BCUT2D eigenvalue weighted by molar-refractivity contribution is -0.148. The number of amides is 1. The third-order valence-corrected chi connectivity index (χ3v) is 2.98. The Kier molecular flexibility index (Phi) is 7.29. The molecule has 21 heavy (non-hydrogen) atoms. The Balaban J connectivity index is 2.17. The highest BCUT2D eigenvalue weighted by molar-refractivity contribution is 5.80. The van der Waals surface area contributed by atoms with Crippen molar-refractivity contribution in [1.82, 2.24) is 5.32 Å². The number of nitrogen functional groups attached to an aromatic ring is 1. The van der Waals surface area contributed by atoms with Crippen LogP contribution in [-0.2, 0) is 20.7 Å². The molecule has 0 aromatic heterocycles. The summed E-state index contributed by atoms with van der Waals surface area (Å²) >= 11 is 0. The molecule has 0 fully saturated rings. The molecule has 0 aliphatic rings. The smallest absolute Gasteiger partial charge is 0.306 e. The SMILES string of the molecule is CC(C)CCNC(=O)COC(=O)CCc1cccc(N)c1. The molecule has 0 radical (unpaired) electrons. The van der Waals surface area contributed by atoms with Crippen molar-refractivity contribution in [3.05, 3.63) is 29.8 Å². The molecule has 5 nitrogen and oxygen atoms in total. The monoisotopic (exact) mass is 292 g/mol. The van der Waals surface area contributed by atoms with Gasteiger partial charge >= 0.3 is 5.97 Å². The van der Waals surface area contributed by atoms with Gasteiger partial charge in [-0.2, -0.15) is 0 Å². The van der Waals surface area contributed by atoms with E-state index in [4.69, 9.17) is 10.5 Å². The van der Waals surface area contributed by atoms with Gasteiger partial charge in [-0.3, -0.25) is 9.59 Å². The van der Waals surface area contributed by atoms with E-state index in [9.17, 15) is 9.59 Å². The molecule has 116 valence electrons. The van der Waals surface area contributed by atoms with Crippen LogP contribution in [0.5, 0.6) is 0 Å². The molecule has 0 aliphatic heterocycles. The number of rotatable bonds is 8. The number of carbonyl (C=O) groups excluding carboxylic acids is 2. The van der Waals surface area contributed by atoms with Gasteiger partial charge in [0.15, 0.2) is 6.61 Å². The van der Waals surface area contributed by atoms with Crippen LogP contribution < -0.4 is 11.1 Å². The molecule has 0 aliphatic carbocycles. The lowest BCUT2D eigenvalue weighted by Gasteiger charge is -2.08. The zero-order valence-corrected chi connectivity index (χ0v) is 12.7. The van der Waals surface area contributed by atoms with E-state index < -0.39 is 0 Å². The first-order chi connectivity index (χ1) is 9.97. The lowest BCUT2D eigenvalue weighted by atomic mass is 10.1. The second kappa shape index (κ2) is 9.00. The normalized spacial score (nSPS) is 10.4. The number of hydrogen-bond donors (Lipinski definition) is 2. The first-order valence-corrected chi connectivity index (χ1v) is 7.24. The molecule has 0 unspecified atom stereocenters. The zero-order valence-electron chi connectivity index (χ0n) is 12.7. The minimum atomic E-state index is -0.378. The van der Waals surface area contributed by atoms with Crippen LogP contribution in [0.3, 0.4) is 0 Å². The van der Waals surface area contributed by atoms with Gasteiger partial charge in [0, 0.05) is 18.7 Å². The highest BCUT2D eigenvalue weighted by atomic mass is 16.5. The Morgan fingerprint density at radius 1 is 1.33 bits per heavy atom. The van der Waals surface area contributed by atoms with Crippen molar-refractivity contribution < 1.29 is 14.3 Å². The Morgan fingerprint density at radius 3 is 2.76 bits per heavy atom. The second-order valence-electron chi connectivity index (χ2n) is 5.44. The molecule has 0 saturated carbocycles. The van der Waals surface area contributed by atoms with Gasteiger partial charge in [0.05, 0.1) is 0 Å². The number of carbonyl (C=O) groups is 2. The van der Waals surface area contributed by atoms with Gasteiger partial charge in [-0.1, -0.05) is 26.0 Å². The molecule has 1 aromatic carbocycles. The minimum Gasteiger partial charge on any atom is -0.456 e. The van der Waals surface area contributed by atoms with Gasteiger partial charge in [-0.25, -0.2) is 0 Å². The van der Waals surface area contributed by atoms with Gasteiger partial charge in [0.1, 0.15) is 0 Å². The quantitative estimate of drug-likeness (QED) is 0.566. The highest BCUT2D eigenvalue weighted by Crippen LogP contribution is 2.09. The number of ether oxygens (including phenoxy) is 1. The van der Waals surface area contributed by atoms with Gasteiger partial charge in [-0.15, -0.1) is 0 Å². The molecular weight excluding hydrogens is 268 g/mol. The molecule has 3 N–H and O–H groups in total. The van der Waals surface area contributed by atoms with Crippen molar-refractivity contribution in [3.8, 4) is 0 Å². The van der Waals surface area contributed by atoms with E-state index in [-0.39, 0.29) is 24.9 Å². The van der Waals surface area contributed by atoms with Gasteiger partial charge < -0.3 is 15.8 Å². The van der Waals surface area contributed by atoms with Crippen LogP contribution in [0.1, 0.15) is 32.3 Å². The largest absolute Gasteiger partial charge is 0.456 e. The molecule has 1 aromatic rings. The van der Waals surface area contributed by atoms with E-state index in [1.54, 1.807) is 6.07 Å². The summed E-state index contributed by atoms with van der Waals surface area (Å²) in [4.78, 5) is 23.0. The summed E-state index contributed by atoms with van der Waals surface area (Å²) < 4.78 is 4.93. The van der Waals surface area contributed by atoms with E-state index >= 15 is 0 Å². The third kappa shape index (κ3) is 7.97.